The third kappa shape index (κ3) is 10.5. The van der Waals surface area contributed by atoms with Crippen molar-refractivity contribution in [3.05, 3.63) is 0 Å². The maximum absolute atomic E-state index is 11.1. The number of ether oxygens (including phenoxy) is 2. The van der Waals surface area contributed by atoms with Crippen LogP contribution < -0.4 is 0 Å². The van der Waals surface area contributed by atoms with E-state index >= 15 is 0 Å². The van der Waals surface area contributed by atoms with Crippen LogP contribution in [0, 0.1) is 0 Å². The highest BCUT2D eigenvalue weighted by Gasteiger charge is 2.07. The number of esters is 2. The lowest BCUT2D eigenvalue weighted by atomic mass is 10.2. The first-order valence-corrected chi connectivity index (χ1v) is 7.08. The second-order valence-corrected chi connectivity index (χ2v) is 4.38. The third-order valence-corrected chi connectivity index (χ3v) is 2.97. The van der Waals surface area contributed by atoms with E-state index < -0.39 is 0 Å². The van der Waals surface area contributed by atoms with Crippen molar-refractivity contribution in [2.75, 3.05) is 33.4 Å². The molecule has 0 aromatic heterocycles. The van der Waals surface area contributed by atoms with E-state index in [2.05, 4.69) is 16.6 Å². The van der Waals surface area contributed by atoms with Crippen molar-refractivity contribution in [3.63, 3.8) is 0 Å². The Kier molecular flexibility index (Phi) is 11.3. The van der Waals surface area contributed by atoms with Gasteiger partial charge < -0.3 is 14.4 Å². The Hall–Kier alpha value is -1.10. The molecule has 112 valence electrons. The number of nitrogens with zero attached hydrogens (tertiary/aromatic N) is 1. The Morgan fingerprint density at radius 1 is 0.947 bits per heavy atom. The molecule has 0 saturated heterocycles. The number of methoxy groups -OCH3 is 1. The summed E-state index contributed by atoms with van der Waals surface area (Å²) in [7, 11) is 1.41. The lowest BCUT2D eigenvalue weighted by molar-refractivity contribution is -0.143. The first-order chi connectivity index (χ1) is 9.13. The van der Waals surface area contributed by atoms with Crippen LogP contribution in [0.15, 0.2) is 0 Å². The molecule has 0 aliphatic rings. The normalized spacial score (nSPS) is 10.5. The van der Waals surface area contributed by atoms with Crippen molar-refractivity contribution < 1.29 is 19.1 Å². The summed E-state index contributed by atoms with van der Waals surface area (Å²) >= 11 is 0. The van der Waals surface area contributed by atoms with E-state index in [1.807, 2.05) is 6.92 Å². The quantitative estimate of drug-likeness (QED) is 0.426. The van der Waals surface area contributed by atoms with Crippen LogP contribution >= 0.6 is 0 Å². The van der Waals surface area contributed by atoms with Gasteiger partial charge >= 0.3 is 11.9 Å². The summed E-state index contributed by atoms with van der Waals surface area (Å²) in [6.45, 7) is 6.97. The molecule has 5 heteroatoms. The Morgan fingerprint density at radius 2 is 1.68 bits per heavy atom. The molecule has 19 heavy (non-hydrogen) atoms. The molecule has 0 rings (SSSR count). The Morgan fingerprint density at radius 3 is 2.26 bits per heavy atom. The molecule has 0 atom stereocenters. The van der Waals surface area contributed by atoms with Gasteiger partial charge in [0.2, 0.25) is 0 Å². The number of rotatable bonds is 11. The average Bonchev–Trinajstić information content (AvgIpc) is 2.41. The average molecular weight is 273 g/mol. The molecular formula is C14H27NO4. The molecule has 0 fully saturated rings. The van der Waals surface area contributed by atoms with E-state index in [9.17, 15) is 9.59 Å². The highest BCUT2D eigenvalue weighted by molar-refractivity contribution is 5.69. The second kappa shape index (κ2) is 12.0. The Labute approximate surface area is 116 Å². The molecular weight excluding hydrogens is 246 g/mol. The van der Waals surface area contributed by atoms with E-state index in [-0.39, 0.29) is 11.9 Å². The van der Waals surface area contributed by atoms with Crippen LogP contribution in [0.1, 0.15) is 46.0 Å². The first-order valence-electron chi connectivity index (χ1n) is 7.08. The fourth-order valence-electron chi connectivity index (χ4n) is 1.79. The van der Waals surface area contributed by atoms with Gasteiger partial charge in [-0.3, -0.25) is 9.59 Å². The van der Waals surface area contributed by atoms with Crippen LogP contribution in [0.25, 0.3) is 0 Å². The molecule has 0 spiro atoms. The molecule has 0 N–H and O–H groups in total. The Balaban J connectivity index is 3.55. The van der Waals surface area contributed by atoms with Crippen molar-refractivity contribution in [1.82, 2.24) is 4.90 Å². The third-order valence-electron chi connectivity index (χ3n) is 2.97. The fourth-order valence-corrected chi connectivity index (χ4v) is 1.79. The molecule has 5 nitrogen and oxygen atoms in total. The number of hydrogen-bond acceptors (Lipinski definition) is 5. The van der Waals surface area contributed by atoms with Gasteiger partial charge in [-0.05, 0) is 32.9 Å². The summed E-state index contributed by atoms with van der Waals surface area (Å²) in [5, 5.41) is 0. The van der Waals surface area contributed by atoms with E-state index in [1.54, 1.807) is 0 Å². The molecule has 0 bridgehead atoms. The second-order valence-electron chi connectivity index (χ2n) is 4.38. The molecule has 0 amide bonds. The predicted octanol–water partition coefficient (Wildman–Crippen LogP) is 1.99. The highest BCUT2D eigenvalue weighted by Crippen LogP contribution is 2.04. The van der Waals surface area contributed by atoms with Crippen molar-refractivity contribution in [2.45, 2.75) is 46.0 Å². The summed E-state index contributed by atoms with van der Waals surface area (Å²) in [5.74, 6) is -0.277. The molecule has 0 heterocycles. The van der Waals surface area contributed by atoms with Gasteiger partial charge in [0, 0.05) is 13.0 Å². The van der Waals surface area contributed by atoms with Gasteiger partial charge in [-0.15, -0.1) is 0 Å². The van der Waals surface area contributed by atoms with Crippen LogP contribution in [0.2, 0.25) is 0 Å². The van der Waals surface area contributed by atoms with Crippen LogP contribution in [0.3, 0.4) is 0 Å². The summed E-state index contributed by atoms with van der Waals surface area (Å²) in [5.41, 5.74) is 0. The summed E-state index contributed by atoms with van der Waals surface area (Å²) < 4.78 is 9.49. The number of hydrogen-bond donors (Lipinski definition) is 0. The zero-order valence-electron chi connectivity index (χ0n) is 12.4. The Bertz CT molecular complexity index is 256. The van der Waals surface area contributed by atoms with E-state index in [4.69, 9.17) is 4.74 Å². The van der Waals surface area contributed by atoms with E-state index in [0.29, 0.717) is 19.4 Å². The molecule has 0 aromatic rings. The topological polar surface area (TPSA) is 55.8 Å². The van der Waals surface area contributed by atoms with Crippen molar-refractivity contribution >= 4 is 11.9 Å². The van der Waals surface area contributed by atoms with Crippen LogP contribution in [0.5, 0.6) is 0 Å². The summed E-state index contributed by atoms with van der Waals surface area (Å²) in [6.07, 6.45) is 3.85. The highest BCUT2D eigenvalue weighted by atomic mass is 16.5. The van der Waals surface area contributed by atoms with Gasteiger partial charge in [-0.1, -0.05) is 13.3 Å². The predicted molar refractivity (Wildman–Crippen MR) is 73.8 cm³/mol. The van der Waals surface area contributed by atoms with Gasteiger partial charge in [-0.2, -0.15) is 0 Å². The first kappa shape index (κ1) is 17.9. The smallest absolute Gasteiger partial charge is 0.306 e. The summed E-state index contributed by atoms with van der Waals surface area (Å²) in [6, 6.07) is 0. The lowest BCUT2D eigenvalue weighted by Crippen LogP contribution is -2.27. The van der Waals surface area contributed by atoms with Gasteiger partial charge in [-0.25, -0.2) is 0 Å². The molecule has 0 radical (unpaired) electrons. The zero-order valence-corrected chi connectivity index (χ0v) is 12.4. The minimum atomic E-state index is -0.166. The minimum Gasteiger partial charge on any atom is -0.469 e. The van der Waals surface area contributed by atoms with Gasteiger partial charge in [0.1, 0.15) is 0 Å². The molecule has 0 aliphatic carbocycles. The lowest BCUT2D eigenvalue weighted by Gasteiger charge is -2.19. The maximum Gasteiger partial charge on any atom is 0.306 e. The van der Waals surface area contributed by atoms with E-state index in [1.165, 1.54) is 7.11 Å². The van der Waals surface area contributed by atoms with Crippen LogP contribution in [-0.4, -0.2) is 50.2 Å². The van der Waals surface area contributed by atoms with Gasteiger partial charge in [0.15, 0.2) is 0 Å². The molecule has 0 saturated carbocycles. The van der Waals surface area contributed by atoms with Gasteiger partial charge in [0.25, 0.3) is 0 Å². The van der Waals surface area contributed by atoms with Gasteiger partial charge in [0.05, 0.1) is 20.1 Å². The largest absolute Gasteiger partial charge is 0.469 e. The van der Waals surface area contributed by atoms with Crippen LogP contribution in [0.4, 0.5) is 0 Å². The van der Waals surface area contributed by atoms with Crippen molar-refractivity contribution in [1.29, 1.82) is 0 Å². The molecule has 0 aromatic carbocycles. The SMILES string of the molecule is CCOC(=O)CCCCCN(CC)CCC(=O)OC. The standard InChI is InChI=1S/C14H27NO4/c1-4-15(12-10-13(16)18-3)11-8-6-7-9-14(17)19-5-2/h4-12H2,1-3H3. The zero-order chi connectivity index (χ0) is 14.5. The maximum atomic E-state index is 11.1. The van der Waals surface area contributed by atoms with E-state index in [0.717, 1.165) is 38.9 Å². The number of unbranched alkanes of at least 4 members (excludes halogenated alkanes) is 2. The molecule has 0 unspecified atom stereocenters. The van der Waals surface area contributed by atoms with Crippen LogP contribution in [-0.2, 0) is 19.1 Å². The number of carbonyl (C=O) groups is 2. The van der Waals surface area contributed by atoms with Crippen molar-refractivity contribution in [3.8, 4) is 0 Å². The summed E-state index contributed by atoms with van der Waals surface area (Å²) in [4.78, 5) is 24.4. The fraction of sp³-hybridized carbons (Fsp3) is 0.857. The molecule has 0 aliphatic heterocycles. The minimum absolute atomic E-state index is 0.111. The van der Waals surface area contributed by atoms with Crippen molar-refractivity contribution in [2.24, 2.45) is 0 Å². The number of carbonyl (C=O) groups excluding carboxylic acids is 2. The monoisotopic (exact) mass is 273 g/mol.